The van der Waals surface area contributed by atoms with Crippen molar-refractivity contribution in [1.82, 2.24) is 15.5 Å². The zero-order chi connectivity index (χ0) is 17.0. The maximum atomic E-state index is 12.5. The number of aromatic nitrogens is 2. The Kier molecular flexibility index (Phi) is 5.20. The summed E-state index contributed by atoms with van der Waals surface area (Å²) < 4.78 is 10.0. The van der Waals surface area contributed by atoms with Crippen LogP contribution in [0.5, 0.6) is 5.88 Å². The van der Waals surface area contributed by atoms with E-state index in [0.717, 1.165) is 6.42 Å². The predicted octanol–water partition coefficient (Wildman–Crippen LogP) is 2.49. The minimum absolute atomic E-state index is 0.00920. The van der Waals surface area contributed by atoms with E-state index in [1.165, 1.54) is 7.11 Å². The third-order valence-corrected chi connectivity index (χ3v) is 3.37. The molecule has 0 spiro atoms. The third kappa shape index (κ3) is 4.00. The summed E-state index contributed by atoms with van der Waals surface area (Å²) in [6.45, 7) is 6.16. The van der Waals surface area contributed by atoms with Gasteiger partial charge in [-0.25, -0.2) is 4.98 Å². The molecule has 0 saturated carbocycles. The molecule has 0 radical (unpaired) electrons. The van der Waals surface area contributed by atoms with Crippen LogP contribution in [0.2, 0.25) is 0 Å². The summed E-state index contributed by atoms with van der Waals surface area (Å²) in [6.07, 6.45) is 2.43. The van der Waals surface area contributed by atoms with Gasteiger partial charge in [0.15, 0.2) is 0 Å². The molecule has 2 rings (SSSR count). The molecule has 0 aliphatic heterocycles. The van der Waals surface area contributed by atoms with Crippen molar-refractivity contribution in [3.63, 3.8) is 0 Å². The molecule has 124 valence electrons. The molecule has 7 nitrogen and oxygen atoms in total. The molecule has 2 aromatic heterocycles. The number of nitrogens with zero attached hydrogens (tertiary/aromatic N) is 2. The number of hydrogen-bond donors (Lipinski definition) is 2. The molecule has 2 heterocycles. The van der Waals surface area contributed by atoms with Crippen LogP contribution in [0.1, 0.15) is 37.6 Å². The summed E-state index contributed by atoms with van der Waals surface area (Å²) in [6, 6.07) is 3.46. The first-order valence-electron chi connectivity index (χ1n) is 7.48. The number of rotatable bonds is 6. The van der Waals surface area contributed by atoms with Gasteiger partial charge in [-0.3, -0.25) is 4.79 Å². The second-order valence-corrected chi connectivity index (χ2v) is 5.86. The molecule has 1 amide bonds. The van der Waals surface area contributed by atoms with Gasteiger partial charge in [-0.1, -0.05) is 19.0 Å². The Bertz CT molecular complexity index is 664. The van der Waals surface area contributed by atoms with Gasteiger partial charge in [0.2, 0.25) is 11.8 Å². The van der Waals surface area contributed by atoms with Crippen molar-refractivity contribution >= 4 is 11.8 Å². The van der Waals surface area contributed by atoms with Gasteiger partial charge in [0, 0.05) is 23.9 Å². The van der Waals surface area contributed by atoms with Gasteiger partial charge in [-0.15, -0.1) is 0 Å². The fourth-order valence-corrected chi connectivity index (χ4v) is 2.42. The molecule has 0 aliphatic carbocycles. The zero-order valence-corrected chi connectivity index (χ0v) is 13.8. The van der Waals surface area contributed by atoms with Crippen LogP contribution >= 0.6 is 0 Å². The van der Waals surface area contributed by atoms with Gasteiger partial charge in [-0.2, -0.15) is 0 Å². The number of ether oxygens (including phenoxy) is 1. The van der Waals surface area contributed by atoms with Crippen molar-refractivity contribution in [1.29, 1.82) is 0 Å². The number of amides is 1. The molecule has 0 bridgehead atoms. The van der Waals surface area contributed by atoms with E-state index in [4.69, 9.17) is 15.0 Å². The number of carbonyl (C=O) groups is 1. The smallest absolute Gasteiger partial charge is 0.259 e. The Morgan fingerprint density at radius 2 is 2.13 bits per heavy atom. The van der Waals surface area contributed by atoms with Crippen molar-refractivity contribution in [3.8, 4) is 17.1 Å². The summed E-state index contributed by atoms with van der Waals surface area (Å²) in [5.41, 5.74) is 7.01. The quantitative estimate of drug-likeness (QED) is 0.848. The molecule has 1 unspecified atom stereocenters. The van der Waals surface area contributed by atoms with Crippen molar-refractivity contribution in [2.45, 2.75) is 33.2 Å². The Morgan fingerprint density at radius 3 is 2.70 bits per heavy atom. The summed E-state index contributed by atoms with van der Waals surface area (Å²) in [5, 5.41) is 6.81. The number of hydrogen-bond acceptors (Lipinski definition) is 6. The van der Waals surface area contributed by atoms with E-state index in [1.54, 1.807) is 18.3 Å². The molecule has 0 aromatic carbocycles. The number of methoxy groups -OCH3 is 1. The molecular formula is C16H22N4O3. The molecule has 7 heteroatoms. The SMILES string of the molecule is COc1ccc(-c2noc(N)c2C(=O)NC(C)CC(C)C)cn1. The van der Waals surface area contributed by atoms with Gasteiger partial charge in [0.1, 0.15) is 11.3 Å². The number of nitrogens with two attached hydrogens (primary N) is 1. The number of nitrogen functional groups attached to an aromatic ring is 1. The van der Waals surface area contributed by atoms with Crippen LogP contribution in [-0.2, 0) is 0 Å². The van der Waals surface area contributed by atoms with E-state index < -0.39 is 0 Å². The minimum Gasteiger partial charge on any atom is -0.481 e. The van der Waals surface area contributed by atoms with Crippen molar-refractivity contribution < 1.29 is 14.1 Å². The van der Waals surface area contributed by atoms with E-state index in [9.17, 15) is 4.79 Å². The average Bonchev–Trinajstić information content (AvgIpc) is 2.88. The summed E-state index contributed by atoms with van der Waals surface area (Å²) in [4.78, 5) is 16.6. The summed E-state index contributed by atoms with van der Waals surface area (Å²) >= 11 is 0. The van der Waals surface area contributed by atoms with E-state index >= 15 is 0 Å². The molecule has 1 atom stereocenters. The standard InChI is InChI=1S/C16H22N4O3/c1-9(2)7-10(3)19-16(21)13-14(20-23-15(13)17)11-5-6-12(22-4)18-8-11/h5-6,8-10H,7,17H2,1-4H3,(H,19,21). The summed E-state index contributed by atoms with van der Waals surface area (Å²) in [5.74, 6) is 0.643. The number of anilines is 1. The fourth-order valence-electron chi connectivity index (χ4n) is 2.42. The average molecular weight is 318 g/mol. The van der Waals surface area contributed by atoms with E-state index in [1.807, 2.05) is 6.92 Å². The molecule has 2 aromatic rings. The predicted molar refractivity (Wildman–Crippen MR) is 87.1 cm³/mol. The molecule has 0 aliphatic rings. The van der Waals surface area contributed by atoms with E-state index in [0.29, 0.717) is 23.1 Å². The van der Waals surface area contributed by atoms with Gasteiger partial charge in [-0.05, 0) is 25.3 Å². The Hall–Kier alpha value is -2.57. The van der Waals surface area contributed by atoms with Gasteiger partial charge < -0.3 is 20.3 Å². The van der Waals surface area contributed by atoms with E-state index in [2.05, 4.69) is 29.3 Å². The highest BCUT2D eigenvalue weighted by molar-refractivity contribution is 6.03. The lowest BCUT2D eigenvalue weighted by Crippen LogP contribution is -2.34. The maximum absolute atomic E-state index is 12.5. The molecular weight excluding hydrogens is 296 g/mol. The zero-order valence-electron chi connectivity index (χ0n) is 13.8. The normalized spacial score (nSPS) is 12.2. The molecule has 23 heavy (non-hydrogen) atoms. The van der Waals surface area contributed by atoms with Crippen molar-refractivity contribution in [2.24, 2.45) is 5.92 Å². The highest BCUT2D eigenvalue weighted by Gasteiger charge is 2.24. The monoisotopic (exact) mass is 318 g/mol. The first kappa shape index (κ1) is 16.8. The van der Waals surface area contributed by atoms with Crippen LogP contribution in [0.25, 0.3) is 11.3 Å². The maximum Gasteiger partial charge on any atom is 0.259 e. The topological polar surface area (TPSA) is 103 Å². The molecule has 3 N–H and O–H groups in total. The largest absolute Gasteiger partial charge is 0.481 e. The Morgan fingerprint density at radius 1 is 1.39 bits per heavy atom. The Labute approximate surface area is 135 Å². The molecule has 0 fully saturated rings. The second kappa shape index (κ2) is 7.13. The molecule has 0 saturated heterocycles. The summed E-state index contributed by atoms with van der Waals surface area (Å²) in [7, 11) is 1.53. The Balaban J connectivity index is 2.25. The third-order valence-electron chi connectivity index (χ3n) is 3.37. The van der Waals surface area contributed by atoms with E-state index in [-0.39, 0.29) is 23.4 Å². The minimum atomic E-state index is -0.303. The van der Waals surface area contributed by atoms with Crippen LogP contribution in [-0.4, -0.2) is 29.2 Å². The fraction of sp³-hybridized carbons (Fsp3) is 0.438. The van der Waals surface area contributed by atoms with Crippen molar-refractivity contribution in [2.75, 3.05) is 12.8 Å². The lowest BCUT2D eigenvalue weighted by Gasteiger charge is -2.15. The van der Waals surface area contributed by atoms with Gasteiger partial charge in [0.25, 0.3) is 5.91 Å². The number of nitrogens with one attached hydrogen (secondary N) is 1. The highest BCUT2D eigenvalue weighted by Crippen LogP contribution is 2.27. The van der Waals surface area contributed by atoms with Crippen LogP contribution in [0.15, 0.2) is 22.9 Å². The van der Waals surface area contributed by atoms with Crippen LogP contribution in [0, 0.1) is 5.92 Å². The van der Waals surface area contributed by atoms with Crippen LogP contribution in [0.4, 0.5) is 5.88 Å². The van der Waals surface area contributed by atoms with Crippen molar-refractivity contribution in [3.05, 3.63) is 23.9 Å². The number of pyridine rings is 1. The van der Waals surface area contributed by atoms with Crippen LogP contribution < -0.4 is 15.8 Å². The van der Waals surface area contributed by atoms with Gasteiger partial charge >= 0.3 is 0 Å². The van der Waals surface area contributed by atoms with Crippen LogP contribution in [0.3, 0.4) is 0 Å². The second-order valence-electron chi connectivity index (χ2n) is 5.86. The lowest BCUT2D eigenvalue weighted by atomic mass is 10.0. The van der Waals surface area contributed by atoms with Gasteiger partial charge in [0.05, 0.1) is 7.11 Å². The first-order chi connectivity index (χ1) is 10.9. The lowest BCUT2D eigenvalue weighted by molar-refractivity contribution is 0.0937. The highest BCUT2D eigenvalue weighted by atomic mass is 16.5. The first-order valence-corrected chi connectivity index (χ1v) is 7.48. The number of carbonyl (C=O) groups excluding carboxylic acids is 1.